The Balaban J connectivity index is 2.82. The van der Waals surface area contributed by atoms with E-state index < -0.39 is 0 Å². The van der Waals surface area contributed by atoms with Crippen LogP contribution in [0.3, 0.4) is 0 Å². The van der Waals surface area contributed by atoms with Gasteiger partial charge in [-0.1, -0.05) is 30.3 Å². The summed E-state index contributed by atoms with van der Waals surface area (Å²) in [6.07, 6.45) is 2.82. The van der Waals surface area contributed by atoms with Crippen LogP contribution in [-0.4, -0.2) is 0 Å². The van der Waals surface area contributed by atoms with E-state index in [2.05, 4.69) is 19.1 Å². The lowest BCUT2D eigenvalue weighted by Gasteiger charge is -2.04. The van der Waals surface area contributed by atoms with Gasteiger partial charge in [-0.2, -0.15) is 0 Å². The van der Waals surface area contributed by atoms with E-state index in [9.17, 15) is 0 Å². The summed E-state index contributed by atoms with van der Waals surface area (Å²) in [5.41, 5.74) is 9.29. The number of aryl methyl sites for hydroxylation is 1. The SMILES string of the molecule is CC=C(N)Cc1ccccc1C. The van der Waals surface area contributed by atoms with Gasteiger partial charge in [0.05, 0.1) is 0 Å². The van der Waals surface area contributed by atoms with E-state index in [4.69, 9.17) is 5.73 Å². The van der Waals surface area contributed by atoms with Crippen molar-refractivity contribution in [3.8, 4) is 0 Å². The van der Waals surface area contributed by atoms with Crippen LogP contribution in [0.1, 0.15) is 18.1 Å². The number of hydrogen-bond acceptors (Lipinski definition) is 1. The molecule has 0 fully saturated rings. The molecule has 0 saturated carbocycles. The van der Waals surface area contributed by atoms with Gasteiger partial charge in [-0.05, 0) is 25.0 Å². The van der Waals surface area contributed by atoms with Crippen LogP contribution in [-0.2, 0) is 6.42 Å². The molecular weight excluding hydrogens is 146 g/mol. The van der Waals surface area contributed by atoms with Gasteiger partial charge < -0.3 is 5.73 Å². The van der Waals surface area contributed by atoms with E-state index in [-0.39, 0.29) is 0 Å². The summed E-state index contributed by atoms with van der Waals surface area (Å²) in [5.74, 6) is 0. The highest BCUT2D eigenvalue weighted by Crippen LogP contribution is 2.09. The lowest BCUT2D eigenvalue weighted by Crippen LogP contribution is -2.01. The number of allylic oxidation sites excluding steroid dienone is 2. The lowest BCUT2D eigenvalue weighted by molar-refractivity contribution is 1.08. The van der Waals surface area contributed by atoms with Gasteiger partial charge in [0.1, 0.15) is 0 Å². The second kappa shape index (κ2) is 3.96. The van der Waals surface area contributed by atoms with Gasteiger partial charge in [-0.3, -0.25) is 0 Å². The first kappa shape index (κ1) is 8.85. The summed E-state index contributed by atoms with van der Waals surface area (Å²) in [6, 6.07) is 8.32. The Hall–Kier alpha value is -1.24. The molecule has 1 aromatic rings. The maximum atomic E-state index is 5.73. The largest absolute Gasteiger partial charge is 0.402 e. The van der Waals surface area contributed by atoms with E-state index in [1.807, 2.05) is 25.1 Å². The molecule has 2 N–H and O–H groups in total. The Bertz CT molecular complexity index is 287. The first-order valence-corrected chi connectivity index (χ1v) is 4.19. The molecule has 0 bridgehead atoms. The van der Waals surface area contributed by atoms with Gasteiger partial charge in [0.15, 0.2) is 0 Å². The number of rotatable bonds is 2. The van der Waals surface area contributed by atoms with Crippen molar-refractivity contribution in [3.63, 3.8) is 0 Å². The Morgan fingerprint density at radius 2 is 2.08 bits per heavy atom. The molecule has 1 nitrogen and oxygen atoms in total. The topological polar surface area (TPSA) is 26.0 Å². The van der Waals surface area contributed by atoms with E-state index in [1.54, 1.807) is 0 Å². The molecule has 0 unspecified atom stereocenters. The van der Waals surface area contributed by atoms with Crippen LogP contribution in [0.2, 0.25) is 0 Å². The van der Waals surface area contributed by atoms with Crippen LogP contribution in [0.5, 0.6) is 0 Å². The van der Waals surface area contributed by atoms with Gasteiger partial charge in [0, 0.05) is 12.1 Å². The van der Waals surface area contributed by atoms with E-state index >= 15 is 0 Å². The molecule has 0 saturated heterocycles. The van der Waals surface area contributed by atoms with Crippen LogP contribution in [0, 0.1) is 6.92 Å². The Kier molecular flexibility index (Phi) is 2.92. The third-order valence-corrected chi connectivity index (χ3v) is 2.03. The van der Waals surface area contributed by atoms with Crippen molar-refractivity contribution in [2.75, 3.05) is 0 Å². The Labute approximate surface area is 73.9 Å². The zero-order valence-electron chi connectivity index (χ0n) is 7.67. The predicted octanol–water partition coefficient (Wildman–Crippen LogP) is 2.40. The molecule has 0 aliphatic rings. The third kappa shape index (κ3) is 2.12. The summed E-state index contributed by atoms with van der Waals surface area (Å²) in [5, 5.41) is 0. The molecule has 1 aromatic carbocycles. The summed E-state index contributed by atoms with van der Waals surface area (Å²) >= 11 is 0. The molecular formula is C11H15N. The highest BCUT2D eigenvalue weighted by atomic mass is 14.6. The maximum absolute atomic E-state index is 5.73. The Morgan fingerprint density at radius 1 is 1.42 bits per heavy atom. The van der Waals surface area contributed by atoms with Gasteiger partial charge >= 0.3 is 0 Å². The smallest absolute Gasteiger partial charge is 0.0120 e. The highest BCUT2D eigenvalue weighted by molar-refractivity contribution is 5.28. The molecule has 0 aliphatic carbocycles. The zero-order chi connectivity index (χ0) is 8.97. The molecule has 1 heteroatoms. The van der Waals surface area contributed by atoms with Crippen molar-refractivity contribution in [3.05, 3.63) is 47.2 Å². The second-order valence-corrected chi connectivity index (χ2v) is 2.97. The summed E-state index contributed by atoms with van der Waals surface area (Å²) < 4.78 is 0. The Morgan fingerprint density at radius 3 is 2.67 bits per heavy atom. The molecule has 0 spiro atoms. The van der Waals surface area contributed by atoms with Gasteiger partial charge in [-0.15, -0.1) is 0 Å². The average Bonchev–Trinajstić information content (AvgIpc) is 2.09. The maximum Gasteiger partial charge on any atom is 0.0120 e. The molecule has 0 aromatic heterocycles. The predicted molar refractivity (Wildman–Crippen MR) is 52.8 cm³/mol. The quantitative estimate of drug-likeness (QED) is 0.708. The van der Waals surface area contributed by atoms with Crippen molar-refractivity contribution < 1.29 is 0 Å². The first-order chi connectivity index (χ1) is 5.74. The van der Waals surface area contributed by atoms with E-state index in [1.165, 1.54) is 11.1 Å². The van der Waals surface area contributed by atoms with Crippen LogP contribution in [0.4, 0.5) is 0 Å². The van der Waals surface area contributed by atoms with Crippen LogP contribution in [0.15, 0.2) is 36.0 Å². The minimum absolute atomic E-state index is 0.864. The summed E-state index contributed by atoms with van der Waals surface area (Å²) in [7, 11) is 0. The number of benzene rings is 1. The molecule has 0 atom stereocenters. The van der Waals surface area contributed by atoms with Crippen LogP contribution < -0.4 is 5.73 Å². The standard InChI is InChI=1S/C11H15N/c1-3-11(12)8-10-7-5-4-6-9(10)2/h3-7H,8,12H2,1-2H3. The first-order valence-electron chi connectivity index (χ1n) is 4.19. The van der Waals surface area contributed by atoms with Crippen LogP contribution >= 0.6 is 0 Å². The van der Waals surface area contributed by atoms with E-state index in [0.717, 1.165) is 12.1 Å². The fraction of sp³-hybridized carbons (Fsp3) is 0.273. The van der Waals surface area contributed by atoms with Crippen molar-refractivity contribution in [2.24, 2.45) is 5.73 Å². The van der Waals surface area contributed by atoms with Crippen molar-refractivity contribution in [1.29, 1.82) is 0 Å². The number of hydrogen-bond donors (Lipinski definition) is 1. The van der Waals surface area contributed by atoms with E-state index in [0.29, 0.717) is 0 Å². The second-order valence-electron chi connectivity index (χ2n) is 2.97. The zero-order valence-corrected chi connectivity index (χ0v) is 7.67. The van der Waals surface area contributed by atoms with Gasteiger partial charge in [-0.25, -0.2) is 0 Å². The molecule has 1 rings (SSSR count). The van der Waals surface area contributed by atoms with Crippen molar-refractivity contribution >= 4 is 0 Å². The fourth-order valence-electron chi connectivity index (χ4n) is 1.13. The third-order valence-electron chi connectivity index (χ3n) is 2.03. The van der Waals surface area contributed by atoms with Crippen LogP contribution in [0.25, 0.3) is 0 Å². The molecule has 0 radical (unpaired) electrons. The monoisotopic (exact) mass is 161 g/mol. The molecule has 0 amide bonds. The minimum atomic E-state index is 0.864. The van der Waals surface area contributed by atoms with Gasteiger partial charge in [0.2, 0.25) is 0 Å². The molecule has 12 heavy (non-hydrogen) atoms. The fourth-order valence-corrected chi connectivity index (χ4v) is 1.13. The summed E-state index contributed by atoms with van der Waals surface area (Å²) in [6.45, 7) is 4.08. The molecule has 0 aliphatic heterocycles. The van der Waals surface area contributed by atoms with Gasteiger partial charge in [0.25, 0.3) is 0 Å². The van der Waals surface area contributed by atoms with Crippen molar-refractivity contribution in [2.45, 2.75) is 20.3 Å². The minimum Gasteiger partial charge on any atom is -0.402 e. The molecule has 0 heterocycles. The lowest BCUT2D eigenvalue weighted by atomic mass is 10.0. The highest BCUT2D eigenvalue weighted by Gasteiger charge is 1.96. The van der Waals surface area contributed by atoms with Crippen molar-refractivity contribution in [1.82, 2.24) is 0 Å². The molecule has 64 valence electrons. The summed E-state index contributed by atoms with van der Waals surface area (Å²) in [4.78, 5) is 0. The normalized spacial score (nSPS) is 11.7. The average molecular weight is 161 g/mol. The number of nitrogens with two attached hydrogens (primary N) is 1.